The molecular formula is C15H17ClN2. The number of aromatic nitrogens is 1. The summed E-state index contributed by atoms with van der Waals surface area (Å²) in [6.45, 7) is 3.08. The first-order chi connectivity index (χ1) is 8.83. The number of pyridine rings is 1. The minimum atomic E-state index is 0.0554. The van der Waals surface area contributed by atoms with Crippen molar-refractivity contribution in [2.45, 2.75) is 19.4 Å². The molecule has 2 nitrogen and oxygen atoms in total. The number of nitrogens with zero attached hydrogens (tertiary/aromatic N) is 1. The normalized spacial score (nSPS) is 12.3. The van der Waals surface area contributed by atoms with Gasteiger partial charge in [-0.25, -0.2) is 0 Å². The maximum absolute atomic E-state index is 6.25. The van der Waals surface area contributed by atoms with Crippen molar-refractivity contribution < 1.29 is 0 Å². The van der Waals surface area contributed by atoms with Gasteiger partial charge in [-0.3, -0.25) is 4.98 Å². The molecule has 1 aromatic heterocycles. The van der Waals surface area contributed by atoms with Crippen LogP contribution in [0.25, 0.3) is 0 Å². The first-order valence-corrected chi connectivity index (χ1v) is 6.59. The van der Waals surface area contributed by atoms with Gasteiger partial charge in [-0.2, -0.15) is 0 Å². The molecule has 0 saturated carbocycles. The molecule has 1 unspecified atom stereocenters. The third kappa shape index (κ3) is 3.09. The van der Waals surface area contributed by atoms with Crippen LogP contribution in [0.4, 0.5) is 0 Å². The van der Waals surface area contributed by atoms with Gasteiger partial charge in [0, 0.05) is 6.20 Å². The van der Waals surface area contributed by atoms with Crippen molar-refractivity contribution in [2.75, 3.05) is 6.54 Å². The van der Waals surface area contributed by atoms with Gasteiger partial charge in [0.25, 0.3) is 0 Å². The highest BCUT2D eigenvalue weighted by molar-refractivity contribution is 6.31. The molecule has 0 aliphatic rings. The maximum Gasteiger partial charge on any atom is 0.0804 e. The Morgan fingerprint density at radius 1 is 1.17 bits per heavy atom. The Morgan fingerprint density at radius 3 is 2.61 bits per heavy atom. The van der Waals surface area contributed by atoms with E-state index >= 15 is 0 Å². The molecule has 3 heteroatoms. The second-order valence-corrected chi connectivity index (χ2v) is 4.58. The standard InChI is InChI=1S/C15H17ClN2/c1-2-10-17-14(12-7-4-3-5-8-12)15-13(16)9-6-11-18-15/h3-9,11,14,17H,2,10H2,1H3. The average molecular weight is 261 g/mol. The second kappa shape index (κ2) is 6.53. The lowest BCUT2D eigenvalue weighted by molar-refractivity contribution is 0.587. The van der Waals surface area contributed by atoms with Gasteiger partial charge < -0.3 is 5.32 Å². The molecule has 2 aromatic rings. The number of nitrogens with one attached hydrogen (secondary N) is 1. The minimum absolute atomic E-state index is 0.0554. The van der Waals surface area contributed by atoms with Gasteiger partial charge >= 0.3 is 0 Å². The second-order valence-electron chi connectivity index (χ2n) is 4.17. The summed E-state index contributed by atoms with van der Waals surface area (Å²) in [6.07, 6.45) is 2.86. The molecule has 0 saturated heterocycles. The highest BCUT2D eigenvalue weighted by Crippen LogP contribution is 2.26. The van der Waals surface area contributed by atoms with Crippen molar-refractivity contribution in [3.05, 3.63) is 64.9 Å². The molecule has 0 amide bonds. The average Bonchev–Trinajstić information content (AvgIpc) is 2.42. The summed E-state index contributed by atoms with van der Waals surface area (Å²) in [4.78, 5) is 4.41. The van der Waals surface area contributed by atoms with Crippen molar-refractivity contribution in [1.29, 1.82) is 0 Å². The monoisotopic (exact) mass is 260 g/mol. The molecule has 0 aliphatic carbocycles. The van der Waals surface area contributed by atoms with E-state index in [1.54, 1.807) is 6.20 Å². The zero-order chi connectivity index (χ0) is 12.8. The fraction of sp³-hybridized carbons (Fsp3) is 0.267. The number of rotatable bonds is 5. The predicted octanol–water partition coefficient (Wildman–Crippen LogP) is 3.82. The van der Waals surface area contributed by atoms with Gasteiger partial charge in [-0.05, 0) is 30.7 Å². The van der Waals surface area contributed by atoms with Crippen LogP contribution >= 0.6 is 11.6 Å². The lowest BCUT2D eigenvalue weighted by atomic mass is 10.0. The van der Waals surface area contributed by atoms with Crippen LogP contribution in [0.3, 0.4) is 0 Å². The summed E-state index contributed by atoms with van der Waals surface area (Å²) in [7, 11) is 0. The van der Waals surface area contributed by atoms with Crippen molar-refractivity contribution in [1.82, 2.24) is 10.3 Å². The van der Waals surface area contributed by atoms with Crippen LogP contribution in [0.15, 0.2) is 48.7 Å². The Hall–Kier alpha value is -1.38. The van der Waals surface area contributed by atoms with E-state index in [0.717, 1.165) is 18.7 Å². The molecule has 0 aliphatic heterocycles. The maximum atomic E-state index is 6.25. The molecule has 94 valence electrons. The summed E-state index contributed by atoms with van der Waals surface area (Å²) in [5.41, 5.74) is 2.07. The van der Waals surface area contributed by atoms with Crippen molar-refractivity contribution in [2.24, 2.45) is 0 Å². The van der Waals surface area contributed by atoms with Gasteiger partial charge in [-0.1, -0.05) is 48.9 Å². The number of halogens is 1. The lowest BCUT2D eigenvalue weighted by Gasteiger charge is -2.19. The van der Waals surface area contributed by atoms with Gasteiger partial charge in [0.1, 0.15) is 0 Å². The molecule has 18 heavy (non-hydrogen) atoms. The Balaban J connectivity index is 2.34. The van der Waals surface area contributed by atoms with E-state index in [4.69, 9.17) is 11.6 Å². The molecule has 1 heterocycles. The molecule has 1 atom stereocenters. The molecule has 0 spiro atoms. The molecular weight excluding hydrogens is 244 g/mol. The lowest BCUT2D eigenvalue weighted by Crippen LogP contribution is -2.24. The van der Waals surface area contributed by atoms with E-state index in [0.29, 0.717) is 5.02 Å². The van der Waals surface area contributed by atoms with Crippen molar-refractivity contribution in [3.8, 4) is 0 Å². The molecule has 0 radical (unpaired) electrons. The molecule has 0 bridgehead atoms. The zero-order valence-electron chi connectivity index (χ0n) is 10.4. The van der Waals surface area contributed by atoms with Crippen LogP contribution in [-0.4, -0.2) is 11.5 Å². The van der Waals surface area contributed by atoms with Crippen molar-refractivity contribution in [3.63, 3.8) is 0 Å². The van der Waals surface area contributed by atoms with E-state index < -0.39 is 0 Å². The Morgan fingerprint density at radius 2 is 1.94 bits per heavy atom. The van der Waals surface area contributed by atoms with E-state index in [1.807, 2.05) is 30.3 Å². The predicted molar refractivity (Wildman–Crippen MR) is 75.8 cm³/mol. The molecule has 1 aromatic carbocycles. The smallest absolute Gasteiger partial charge is 0.0804 e. The summed E-state index contributed by atoms with van der Waals surface area (Å²) in [5, 5.41) is 4.20. The van der Waals surface area contributed by atoms with Gasteiger partial charge in [0.15, 0.2) is 0 Å². The minimum Gasteiger partial charge on any atom is -0.305 e. The van der Waals surface area contributed by atoms with E-state index in [9.17, 15) is 0 Å². The Bertz CT molecular complexity index is 485. The van der Waals surface area contributed by atoms with Gasteiger partial charge in [-0.15, -0.1) is 0 Å². The van der Waals surface area contributed by atoms with Gasteiger partial charge in [0.05, 0.1) is 16.8 Å². The first-order valence-electron chi connectivity index (χ1n) is 6.21. The van der Waals surface area contributed by atoms with Crippen LogP contribution in [0, 0.1) is 0 Å². The quantitative estimate of drug-likeness (QED) is 0.884. The highest BCUT2D eigenvalue weighted by atomic mass is 35.5. The van der Waals surface area contributed by atoms with E-state index in [-0.39, 0.29) is 6.04 Å². The summed E-state index contributed by atoms with van der Waals surface area (Å²) in [6, 6.07) is 14.1. The molecule has 1 N–H and O–H groups in total. The topological polar surface area (TPSA) is 24.9 Å². The van der Waals surface area contributed by atoms with Crippen LogP contribution in [-0.2, 0) is 0 Å². The van der Waals surface area contributed by atoms with Crippen LogP contribution in [0.5, 0.6) is 0 Å². The van der Waals surface area contributed by atoms with E-state index in [2.05, 4.69) is 29.4 Å². The third-order valence-corrected chi connectivity index (χ3v) is 3.11. The number of hydrogen-bond donors (Lipinski definition) is 1. The fourth-order valence-electron chi connectivity index (χ4n) is 1.92. The zero-order valence-corrected chi connectivity index (χ0v) is 11.2. The molecule has 2 rings (SSSR count). The fourth-order valence-corrected chi connectivity index (χ4v) is 2.15. The number of hydrogen-bond acceptors (Lipinski definition) is 2. The Labute approximate surface area is 113 Å². The molecule has 0 fully saturated rings. The number of benzene rings is 1. The summed E-state index contributed by atoms with van der Waals surface area (Å²) < 4.78 is 0. The van der Waals surface area contributed by atoms with Crippen LogP contribution in [0.1, 0.15) is 30.6 Å². The SMILES string of the molecule is CCCNC(c1ccccc1)c1ncccc1Cl. The summed E-state index contributed by atoms with van der Waals surface area (Å²) in [5.74, 6) is 0. The first kappa shape index (κ1) is 13.1. The van der Waals surface area contributed by atoms with Crippen molar-refractivity contribution >= 4 is 11.6 Å². The largest absolute Gasteiger partial charge is 0.305 e. The van der Waals surface area contributed by atoms with E-state index in [1.165, 1.54) is 5.56 Å². The highest BCUT2D eigenvalue weighted by Gasteiger charge is 2.16. The summed E-state index contributed by atoms with van der Waals surface area (Å²) >= 11 is 6.25. The van der Waals surface area contributed by atoms with Crippen LogP contribution in [0.2, 0.25) is 5.02 Å². The Kier molecular flexibility index (Phi) is 4.73. The third-order valence-electron chi connectivity index (χ3n) is 2.79. The van der Waals surface area contributed by atoms with Gasteiger partial charge in [0.2, 0.25) is 0 Å². The van der Waals surface area contributed by atoms with Crippen LogP contribution < -0.4 is 5.32 Å².